The van der Waals surface area contributed by atoms with E-state index in [2.05, 4.69) is 211 Å². The highest BCUT2D eigenvalue weighted by atomic mass is 16.3. The summed E-state index contributed by atoms with van der Waals surface area (Å²) in [5, 5.41) is 4.38. The highest BCUT2D eigenvalue weighted by molar-refractivity contribution is 6.25. The van der Waals surface area contributed by atoms with E-state index in [4.69, 9.17) is 19.4 Å². The lowest BCUT2D eigenvalue weighted by atomic mass is 10.0. The van der Waals surface area contributed by atoms with Crippen LogP contribution < -0.4 is 0 Å². The van der Waals surface area contributed by atoms with Crippen LogP contribution >= 0.6 is 0 Å². The fraction of sp³-hybridized carbons (Fsp3) is 0. The molecule has 5 nitrogen and oxygen atoms in total. The van der Waals surface area contributed by atoms with Crippen molar-refractivity contribution in [3.05, 3.63) is 218 Å². The van der Waals surface area contributed by atoms with Gasteiger partial charge in [-0.2, -0.15) is 0 Å². The van der Waals surface area contributed by atoms with Gasteiger partial charge >= 0.3 is 0 Å². The molecule has 0 unspecified atom stereocenters. The fourth-order valence-electron chi connectivity index (χ4n) is 8.90. The number of hydrogen-bond acceptors (Lipinski definition) is 4. The lowest BCUT2D eigenvalue weighted by molar-refractivity contribution is 0.669. The molecule has 0 atom stereocenters. The minimum atomic E-state index is 0.541. The Morgan fingerprint density at radius 1 is 0.339 bits per heavy atom. The van der Waals surface area contributed by atoms with Gasteiger partial charge < -0.3 is 8.98 Å². The maximum Gasteiger partial charge on any atom is 0.167 e. The number of nitrogens with zero attached hydrogens (tertiary/aromatic N) is 4. The molecule has 0 aliphatic rings. The summed E-state index contributed by atoms with van der Waals surface area (Å²) >= 11 is 0. The van der Waals surface area contributed by atoms with E-state index < -0.39 is 0 Å². The Labute approximate surface area is 357 Å². The van der Waals surface area contributed by atoms with E-state index in [1.165, 1.54) is 10.9 Å². The Bertz CT molecular complexity index is 3610. The van der Waals surface area contributed by atoms with Crippen LogP contribution in [0.2, 0.25) is 0 Å². The summed E-state index contributed by atoms with van der Waals surface area (Å²) in [4.78, 5) is 15.6. The number of para-hydroxylation sites is 2. The average Bonchev–Trinajstić information content (AvgIpc) is 3.91. The Hall–Kier alpha value is -8.41. The molecule has 62 heavy (non-hydrogen) atoms. The second-order valence-electron chi connectivity index (χ2n) is 15.6. The van der Waals surface area contributed by atoms with Crippen molar-refractivity contribution in [2.45, 2.75) is 0 Å². The van der Waals surface area contributed by atoms with Crippen molar-refractivity contribution < 1.29 is 4.42 Å². The smallest absolute Gasteiger partial charge is 0.167 e. The molecular formula is C57H36N4O. The quantitative estimate of drug-likeness (QED) is 0.161. The molecule has 9 aromatic carbocycles. The predicted octanol–water partition coefficient (Wildman–Crippen LogP) is 14.9. The van der Waals surface area contributed by atoms with E-state index in [9.17, 15) is 0 Å². The van der Waals surface area contributed by atoms with E-state index in [1.54, 1.807) is 0 Å². The van der Waals surface area contributed by atoms with Gasteiger partial charge in [-0.1, -0.05) is 176 Å². The van der Waals surface area contributed by atoms with Crippen LogP contribution in [0.3, 0.4) is 0 Å². The molecule has 0 N–H and O–H groups in total. The number of benzene rings is 9. The van der Waals surface area contributed by atoms with Crippen molar-refractivity contribution in [3.8, 4) is 73.2 Å². The molecule has 0 bridgehead atoms. The van der Waals surface area contributed by atoms with Crippen LogP contribution in [0.15, 0.2) is 223 Å². The summed E-state index contributed by atoms with van der Waals surface area (Å²) in [6.07, 6.45) is 0. The van der Waals surface area contributed by atoms with Crippen LogP contribution in [0.1, 0.15) is 0 Å². The molecule has 5 heteroatoms. The summed E-state index contributed by atoms with van der Waals surface area (Å²) in [6, 6.07) is 76.2. The van der Waals surface area contributed by atoms with Crippen molar-refractivity contribution in [3.63, 3.8) is 0 Å². The molecule has 290 valence electrons. The summed E-state index contributed by atoms with van der Waals surface area (Å²) in [6.45, 7) is 0. The molecular weight excluding hydrogens is 757 g/mol. The molecule has 0 amide bonds. The number of hydrogen-bond donors (Lipinski definition) is 0. The first-order valence-corrected chi connectivity index (χ1v) is 20.8. The third kappa shape index (κ3) is 6.06. The van der Waals surface area contributed by atoms with Gasteiger partial charge in [-0.05, 0) is 75.8 Å². The molecule has 0 aliphatic carbocycles. The summed E-state index contributed by atoms with van der Waals surface area (Å²) < 4.78 is 9.33. The molecule has 3 heterocycles. The van der Waals surface area contributed by atoms with Crippen molar-refractivity contribution >= 4 is 43.7 Å². The third-order valence-corrected chi connectivity index (χ3v) is 11.9. The molecule has 0 saturated carbocycles. The largest absolute Gasteiger partial charge is 0.455 e. The van der Waals surface area contributed by atoms with E-state index >= 15 is 0 Å². The first kappa shape index (κ1) is 35.5. The van der Waals surface area contributed by atoms with E-state index in [1.807, 2.05) is 12.1 Å². The molecule has 0 radical (unpaired) electrons. The number of aromatic nitrogens is 4. The normalized spacial score (nSPS) is 11.5. The first-order chi connectivity index (χ1) is 30.7. The van der Waals surface area contributed by atoms with Crippen LogP contribution in [0.25, 0.3) is 117 Å². The molecule has 0 fully saturated rings. The Morgan fingerprint density at radius 3 is 1.58 bits per heavy atom. The Kier molecular flexibility index (Phi) is 8.42. The lowest BCUT2D eigenvalue weighted by Crippen LogP contribution is -2.00. The Balaban J connectivity index is 1.07. The fourth-order valence-corrected chi connectivity index (χ4v) is 8.90. The summed E-state index contributed by atoms with van der Waals surface area (Å²) in [7, 11) is 0. The second kappa shape index (κ2) is 14.7. The van der Waals surface area contributed by atoms with Crippen molar-refractivity contribution in [1.29, 1.82) is 0 Å². The zero-order valence-corrected chi connectivity index (χ0v) is 33.5. The van der Waals surface area contributed by atoms with Gasteiger partial charge in [0.05, 0.1) is 22.0 Å². The first-order valence-electron chi connectivity index (χ1n) is 20.8. The van der Waals surface area contributed by atoms with Crippen LogP contribution in [0.5, 0.6) is 0 Å². The van der Waals surface area contributed by atoms with Crippen molar-refractivity contribution in [2.75, 3.05) is 0 Å². The molecule has 3 aromatic heterocycles. The van der Waals surface area contributed by atoms with Crippen molar-refractivity contribution in [2.24, 2.45) is 0 Å². The highest BCUT2D eigenvalue weighted by Gasteiger charge is 2.23. The van der Waals surface area contributed by atoms with E-state index in [-0.39, 0.29) is 0 Å². The van der Waals surface area contributed by atoms with Gasteiger partial charge in [0, 0.05) is 33.0 Å². The minimum Gasteiger partial charge on any atom is -0.455 e. The maximum absolute atomic E-state index is 6.95. The summed E-state index contributed by atoms with van der Waals surface area (Å²) in [5.41, 5.74) is 14.3. The number of furan rings is 1. The number of fused-ring (bicyclic) bond motifs is 7. The molecule has 0 aliphatic heterocycles. The average molecular weight is 793 g/mol. The van der Waals surface area contributed by atoms with Gasteiger partial charge in [0.2, 0.25) is 0 Å². The van der Waals surface area contributed by atoms with Crippen LogP contribution in [0.4, 0.5) is 0 Å². The van der Waals surface area contributed by atoms with Gasteiger partial charge in [0.25, 0.3) is 0 Å². The van der Waals surface area contributed by atoms with Gasteiger partial charge in [-0.15, -0.1) is 0 Å². The van der Waals surface area contributed by atoms with Crippen LogP contribution in [-0.2, 0) is 0 Å². The maximum atomic E-state index is 6.95. The van der Waals surface area contributed by atoms with E-state index in [0.717, 1.165) is 88.6 Å². The van der Waals surface area contributed by atoms with Crippen LogP contribution in [-0.4, -0.2) is 19.5 Å². The molecule has 0 saturated heterocycles. The minimum absolute atomic E-state index is 0.541. The van der Waals surface area contributed by atoms with Gasteiger partial charge in [-0.3, -0.25) is 0 Å². The van der Waals surface area contributed by atoms with Gasteiger partial charge in [0.15, 0.2) is 17.5 Å². The molecule has 12 rings (SSSR count). The summed E-state index contributed by atoms with van der Waals surface area (Å²) in [5.74, 6) is 1.71. The topological polar surface area (TPSA) is 56.7 Å². The molecule has 0 spiro atoms. The highest BCUT2D eigenvalue weighted by Crippen LogP contribution is 2.43. The van der Waals surface area contributed by atoms with Gasteiger partial charge in [-0.25, -0.2) is 15.0 Å². The molecule has 12 aromatic rings. The standard InChI is InChI=1S/C57H36N4O/c1-4-15-37(16-5-1)40-29-31-41(32-30-40)55-58-56(44-23-12-21-42(35-44)38-17-6-2-7-18-38)60-57(59-55)49-27-14-26-48-52-51(62-54(48)49)34-33-47-46-25-10-11-28-50(46)61(53(47)52)45-24-13-22-43(36-45)39-19-8-3-9-20-39/h1-36H. The predicted molar refractivity (Wildman–Crippen MR) is 254 cm³/mol. The second-order valence-corrected chi connectivity index (χ2v) is 15.6. The van der Waals surface area contributed by atoms with Gasteiger partial charge in [0.1, 0.15) is 11.2 Å². The number of rotatable bonds is 7. The van der Waals surface area contributed by atoms with E-state index in [0.29, 0.717) is 17.5 Å². The lowest BCUT2D eigenvalue weighted by Gasteiger charge is -2.11. The Morgan fingerprint density at radius 2 is 0.855 bits per heavy atom. The SMILES string of the molecule is c1ccc(-c2ccc(-c3nc(-c4cccc(-c5ccccc5)c4)nc(-c4cccc5c4oc4ccc6c7ccccc7n(-c7cccc(-c8ccccc8)c7)c6c45)n3)cc2)cc1. The third-order valence-electron chi connectivity index (χ3n) is 11.9. The monoisotopic (exact) mass is 792 g/mol. The van der Waals surface area contributed by atoms with Crippen LogP contribution in [0, 0.1) is 0 Å². The zero-order chi connectivity index (χ0) is 41.0. The van der Waals surface area contributed by atoms with Crippen molar-refractivity contribution in [1.82, 2.24) is 19.5 Å². The zero-order valence-electron chi connectivity index (χ0n) is 33.5.